The average Bonchev–Trinajstić information content (AvgIpc) is 2.28. The van der Waals surface area contributed by atoms with E-state index in [2.05, 4.69) is 5.32 Å². The van der Waals surface area contributed by atoms with Crippen molar-refractivity contribution in [3.63, 3.8) is 0 Å². The second-order valence-electron chi connectivity index (χ2n) is 6.79. The molecule has 0 bridgehead atoms. The summed E-state index contributed by atoms with van der Waals surface area (Å²) in [5, 5.41) is 2.94. The summed E-state index contributed by atoms with van der Waals surface area (Å²) < 4.78 is 5.30. The Bertz CT molecular complexity index is 348. The number of amides is 2. The van der Waals surface area contributed by atoms with E-state index in [1.807, 2.05) is 20.8 Å². The topological polar surface area (TPSA) is 58.6 Å². The molecule has 20 heavy (non-hydrogen) atoms. The third-order valence-electron chi connectivity index (χ3n) is 3.55. The summed E-state index contributed by atoms with van der Waals surface area (Å²) in [7, 11) is 3.53. The highest BCUT2D eigenvalue weighted by Gasteiger charge is 2.30. The Labute approximate surface area is 122 Å². The molecule has 0 aromatic rings. The van der Waals surface area contributed by atoms with Crippen molar-refractivity contribution in [3.8, 4) is 0 Å². The Balaban J connectivity index is 2.56. The van der Waals surface area contributed by atoms with E-state index in [4.69, 9.17) is 4.74 Å². The molecule has 1 rings (SSSR count). The molecule has 1 N–H and O–H groups in total. The van der Waals surface area contributed by atoms with E-state index in [0.717, 1.165) is 25.7 Å². The summed E-state index contributed by atoms with van der Waals surface area (Å²) in [6, 6.07) is 0.0440. The number of alkyl carbamates (subject to hydrolysis) is 1. The van der Waals surface area contributed by atoms with E-state index >= 15 is 0 Å². The second-order valence-corrected chi connectivity index (χ2v) is 6.79. The summed E-state index contributed by atoms with van der Waals surface area (Å²) in [6.07, 6.45) is 4.23. The molecule has 0 spiro atoms. The number of nitrogens with zero attached hydrogens (tertiary/aromatic N) is 1. The van der Waals surface area contributed by atoms with Gasteiger partial charge in [-0.05, 0) is 39.5 Å². The molecular weight excluding hydrogens is 256 g/mol. The lowest BCUT2D eigenvalue weighted by Gasteiger charge is -2.33. The summed E-state index contributed by atoms with van der Waals surface area (Å²) >= 11 is 0. The highest BCUT2D eigenvalue weighted by atomic mass is 16.6. The minimum atomic E-state index is -0.492. The summed E-state index contributed by atoms with van der Waals surface area (Å²) in [4.78, 5) is 25.3. The van der Waals surface area contributed by atoms with Crippen molar-refractivity contribution in [2.24, 2.45) is 5.92 Å². The SMILES string of the molecule is CN(C)C(=O)C[C@H]1CCCC[C@H]1NC(=O)OC(C)(C)C. The number of nitrogens with one attached hydrogen (secondary N) is 1. The molecule has 1 aliphatic carbocycles. The predicted octanol–water partition coefficient (Wildman–Crippen LogP) is 2.55. The van der Waals surface area contributed by atoms with Crippen molar-refractivity contribution in [1.29, 1.82) is 0 Å². The van der Waals surface area contributed by atoms with Crippen LogP contribution >= 0.6 is 0 Å². The molecule has 116 valence electrons. The zero-order valence-corrected chi connectivity index (χ0v) is 13.4. The summed E-state index contributed by atoms with van der Waals surface area (Å²) in [5.41, 5.74) is -0.492. The van der Waals surface area contributed by atoms with Gasteiger partial charge in [0, 0.05) is 26.6 Å². The lowest BCUT2D eigenvalue weighted by atomic mass is 9.82. The van der Waals surface area contributed by atoms with Crippen molar-refractivity contribution in [2.75, 3.05) is 14.1 Å². The molecule has 2 amide bonds. The maximum Gasteiger partial charge on any atom is 0.407 e. The van der Waals surface area contributed by atoms with Gasteiger partial charge in [0.1, 0.15) is 5.60 Å². The molecular formula is C15H28N2O3. The minimum Gasteiger partial charge on any atom is -0.444 e. The normalized spacial score (nSPS) is 23.1. The highest BCUT2D eigenvalue weighted by Crippen LogP contribution is 2.27. The van der Waals surface area contributed by atoms with Crippen LogP contribution in [0.1, 0.15) is 52.9 Å². The van der Waals surface area contributed by atoms with Crippen molar-refractivity contribution >= 4 is 12.0 Å². The molecule has 1 saturated carbocycles. The lowest BCUT2D eigenvalue weighted by Crippen LogP contribution is -2.45. The maximum atomic E-state index is 11.9. The van der Waals surface area contributed by atoms with E-state index in [1.165, 1.54) is 0 Å². The van der Waals surface area contributed by atoms with Crippen LogP contribution in [0.15, 0.2) is 0 Å². The molecule has 0 saturated heterocycles. The Kier molecular flexibility index (Phi) is 5.84. The van der Waals surface area contributed by atoms with Crippen LogP contribution in [-0.4, -0.2) is 42.6 Å². The van der Waals surface area contributed by atoms with Crippen LogP contribution in [0.3, 0.4) is 0 Å². The summed E-state index contributed by atoms with van der Waals surface area (Å²) in [6.45, 7) is 5.54. The number of carbonyl (C=O) groups is 2. The molecule has 0 radical (unpaired) electrons. The van der Waals surface area contributed by atoms with E-state index in [0.29, 0.717) is 6.42 Å². The smallest absolute Gasteiger partial charge is 0.407 e. The first-order chi connectivity index (χ1) is 9.19. The van der Waals surface area contributed by atoms with Crippen LogP contribution in [-0.2, 0) is 9.53 Å². The van der Waals surface area contributed by atoms with E-state index in [9.17, 15) is 9.59 Å². The van der Waals surface area contributed by atoms with Gasteiger partial charge in [0.05, 0.1) is 0 Å². The molecule has 0 aromatic heterocycles. The number of hydrogen-bond donors (Lipinski definition) is 1. The van der Waals surface area contributed by atoms with Crippen LogP contribution < -0.4 is 5.32 Å². The van der Waals surface area contributed by atoms with E-state index in [1.54, 1.807) is 19.0 Å². The van der Waals surface area contributed by atoms with Crippen LogP contribution in [0.4, 0.5) is 4.79 Å². The molecule has 0 aromatic carbocycles. The van der Waals surface area contributed by atoms with Crippen LogP contribution in [0, 0.1) is 5.92 Å². The third kappa shape index (κ3) is 5.80. The zero-order valence-electron chi connectivity index (χ0n) is 13.4. The van der Waals surface area contributed by atoms with Gasteiger partial charge in [0.15, 0.2) is 0 Å². The first-order valence-electron chi connectivity index (χ1n) is 7.38. The van der Waals surface area contributed by atoms with E-state index in [-0.39, 0.29) is 24.0 Å². The standard InChI is InChI=1S/C15H28N2O3/c1-15(2,3)20-14(19)16-12-9-7-6-8-11(12)10-13(18)17(4)5/h11-12H,6-10H2,1-5H3,(H,16,19)/t11-,12-/m1/s1. The molecule has 0 unspecified atom stereocenters. The first kappa shape index (κ1) is 16.8. The van der Waals surface area contributed by atoms with Crippen molar-refractivity contribution in [1.82, 2.24) is 10.2 Å². The summed E-state index contributed by atoms with van der Waals surface area (Å²) in [5.74, 6) is 0.332. The van der Waals surface area contributed by atoms with Crippen LogP contribution in [0.2, 0.25) is 0 Å². The fraction of sp³-hybridized carbons (Fsp3) is 0.867. The predicted molar refractivity (Wildman–Crippen MR) is 78.4 cm³/mol. The Morgan fingerprint density at radius 3 is 2.35 bits per heavy atom. The number of hydrogen-bond acceptors (Lipinski definition) is 3. The molecule has 1 aliphatic rings. The number of carbonyl (C=O) groups excluding carboxylic acids is 2. The van der Waals surface area contributed by atoms with Gasteiger partial charge >= 0.3 is 6.09 Å². The quantitative estimate of drug-likeness (QED) is 0.866. The highest BCUT2D eigenvalue weighted by molar-refractivity contribution is 5.76. The average molecular weight is 284 g/mol. The Morgan fingerprint density at radius 2 is 1.80 bits per heavy atom. The van der Waals surface area contributed by atoms with Gasteiger partial charge in [0.25, 0.3) is 0 Å². The maximum absolute atomic E-state index is 11.9. The van der Waals surface area contributed by atoms with Crippen molar-refractivity contribution < 1.29 is 14.3 Å². The fourth-order valence-electron chi connectivity index (χ4n) is 2.51. The molecule has 5 nitrogen and oxygen atoms in total. The fourth-order valence-corrected chi connectivity index (χ4v) is 2.51. The van der Waals surface area contributed by atoms with Crippen molar-refractivity contribution in [3.05, 3.63) is 0 Å². The van der Waals surface area contributed by atoms with E-state index < -0.39 is 5.60 Å². The molecule has 1 fully saturated rings. The number of rotatable bonds is 3. The van der Waals surface area contributed by atoms with Crippen molar-refractivity contribution in [2.45, 2.75) is 64.5 Å². The van der Waals surface area contributed by atoms with Gasteiger partial charge in [-0.2, -0.15) is 0 Å². The van der Waals surface area contributed by atoms with Crippen LogP contribution in [0.25, 0.3) is 0 Å². The largest absolute Gasteiger partial charge is 0.444 e. The second kappa shape index (κ2) is 6.95. The van der Waals surface area contributed by atoms with Crippen LogP contribution in [0.5, 0.6) is 0 Å². The molecule has 2 atom stereocenters. The van der Waals surface area contributed by atoms with Gasteiger partial charge in [-0.15, -0.1) is 0 Å². The van der Waals surface area contributed by atoms with Gasteiger partial charge < -0.3 is 15.0 Å². The number of ether oxygens (including phenoxy) is 1. The zero-order chi connectivity index (χ0) is 15.3. The van der Waals surface area contributed by atoms with Gasteiger partial charge in [0.2, 0.25) is 5.91 Å². The first-order valence-corrected chi connectivity index (χ1v) is 7.38. The van der Waals surface area contributed by atoms with Gasteiger partial charge in [-0.3, -0.25) is 4.79 Å². The Hall–Kier alpha value is -1.26. The minimum absolute atomic E-state index is 0.0440. The van der Waals surface area contributed by atoms with Gasteiger partial charge in [-0.1, -0.05) is 12.8 Å². The lowest BCUT2D eigenvalue weighted by molar-refractivity contribution is -0.130. The Morgan fingerprint density at radius 1 is 1.20 bits per heavy atom. The molecule has 0 heterocycles. The molecule has 0 aliphatic heterocycles. The molecule has 5 heteroatoms. The third-order valence-corrected chi connectivity index (χ3v) is 3.55. The monoisotopic (exact) mass is 284 g/mol. The van der Waals surface area contributed by atoms with Gasteiger partial charge in [-0.25, -0.2) is 4.79 Å².